The molecule has 1 aromatic carbocycles. The monoisotopic (exact) mass is 327 g/mol. The van der Waals surface area contributed by atoms with E-state index in [0.29, 0.717) is 0 Å². The Labute approximate surface area is 109 Å². The summed E-state index contributed by atoms with van der Waals surface area (Å²) in [5.41, 5.74) is 8.12. The average molecular weight is 327 g/mol. The molecule has 0 bridgehead atoms. The van der Waals surface area contributed by atoms with Gasteiger partial charge in [0.2, 0.25) is 0 Å². The molecular formula is C12H12IN2O. The molecule has 2 rings (SSSR count). The molecule has 0 atom stereocenters. The molecule has 0 aliphatic carbocycles. The lowest BCUT2D eigenvalue weighted by Gasteiger charge is -2.10. The average Bonchev–Trinajstić information content (AvgIpc) is 2.58. The lowest BCUT2D eigenvalue weighted by atomic mass is 10.00. The molecule has 0 unspecified atom stereocenters. The Balaban J connectivity index is 2.59. The van der Waals surface area contributed by atoms with Gasteiger partial charge < -0.3 is 4.74 Å². The first-order valence-corrected chi connectivity index (χ1v) is 6.02. The molecule has 83 valence electrons. The first-order valence-electron chi connectivity index (χ1n) is 4.94. The van der Waals surface area contributed by atoms with Crippen molar-refractivity contribution in [1.82, 2.24) is 5.43 Å². The van der Waals surface area contributed by atoms with E-state index in [0.717, 1.165) is 28.3 Å². The zero-order valence-corrected chi connectivity index (χ0v) is 11.6. The Morgan fingerprint density at radius 3 is 2.56 bits per heavy atom. The Kier molecular flexibility index (Phi) is 3.18. The fraction of sp³-hybridized carbons (Fsp3) is 0.250. The van der Waals surface area contributed by atoms with Crippen LogP contribution in [0.25, 0.3) is 5.57 Å². The van der Waals surface area contributed by atoms with Gasteiger partial charge in [-0.05, 0) is 54.6 Å². The molecule has 1 aliphatic rings. The van der Waals surface area contributed by atoms with Gasteiger partial charge in [0.15, 0.2) is 0 Å². The maximum absolute atomic E-state index is 5.38. The summed E-state index contributed by atoms with van der Waals surface area (Å²) in [6.07, 6.45) is 0. The van der Waals surface area contributed by atoms with Gasteiger partial charge in [-0.1, -0.05) is 0 Å². The van der Waals surface area contributed by atoms with Crippen molar-refractivity contribution in [2.75, 3.05) is 7.11 Å². The fourth-order valence-electron chi connectivity index (χ4n) is 1.78. The van der Waals surface area contributed by atoms with E-state index in [-0.39, 0.29) is 0 Å². The van der Waals surface area contributed by atoms with Crippen LogP contribution in [-0.4, -0.2) is 12.8 Å². The van der Waals surface area contributed by atoms with Gasteiger partial charge in [-0.15, -0.1) is 0 Å². The molecule has 1 heterocycles. The highest BCUT2D eigenvalue weighted by molar-refractivity contribution is 14.1. The second kappa shape index (κ2) is 4.45. The number of benzene rings is 1. The molecule has 0 fully saturated rings. The molecule has 1 aromatic rings. The molecule has 1 radical (unpaired) electrons. The van der Waals surface area contributed by atoms with E-state index in [1.807, 2.05) is 26.0 Å². The van der Waals surface area contributed by atoms with Gasteiger partial charge in [0.1, 0.15) is 5.75 Å². The lowest BCUT2D eigenvalue weighted by molar-refractivity contribution is 0.413. The van der Waals surface area contributed by atoms with Crippen LogP contribution in [0.3, 0.4) is 0 Å². The second-order valence-electron chi connectivity index (χ2n) is 3.59. The van der Waals surface area contributed by atoms with Gasteiger partial charge in [0.25, 0.3) is 0 Å². The van der Waals surface area contributed by atoms with Crippen molar-refractivity contribution in [3.05, 3.63) is 33.0 Å². The van der Waals surface area contributed by atoms with E-state index in [2.05, 4.69) is 39.2 Å². The van der Waals surface area contributed by atoms with Gasteiger partial charge in [0.05, 0.1) is 18.5 Å². The highest BCUT2D eigenvalue weighted by atomic mass is 127. The quantitative estimate of drug-likeness (QED) is 0.769. The van der Waals surface area contributed by atoms with Crippen LogP contribution in [0.15, 0.2) is 29.0 Å². The second-order valence-corrected chi connectivity index (χ2v) is 4.84. The molecule has 4 heteroatoms. The number of hydrogen-bond donors (Lipinski definition) is 0. The number of rotatable bonds is 2. The highest BCUT2D eigenvalue weighted by Crippen LogP contribution is 2.32. The van der Waals surface area contributed by atoms with Gasteiger partial charge in [-0.25, -0.2) is 0 Å². The van der Waals surface area contributed by atoms with Crippen molar-refractivity contribution < 1.29 is 4.74 Å². The van der Waals surface area contributed by atoms with Crippen molar-refractivity contribution in [3.8, 4) is 5.75 Å². The van der Waals surface area contributed by atoms with Crippen LogP contribution in [0.4, 0.5) is 0 Å². The van der Waals surface area contributed by atoms with Gasteiger partial charge >= 0.3 is 0 Å². The van der Waals surface area contributed by atoms with Crippen LogP contribution in [0, 0.1) is 3.57 Å². The summed E-state index contributed by atoms with van der Waals surface area (Å²) in [5, 5.41) is 4.09. The number of nitrogens with zero attached hydrogens (tertiary/aromatic N) is 2. The first-order chi connectivity index (χ1) is 7.63. The normalized spacial score (nSPS) is 14.9. The largest absolute Gasteiger partial charge is 0.496 e. The summed E-state index contributed by atoms with van der Waals surface area (Å²) >= 11 is 2.29. The SMILES string of the molecule is COc1ccc(I)cc1C1=C(C)[N]N=C1C. The first kappa shape index (κ1) is 11.4. The Morgan fingerprint density at radius 1 is 1.25 bits per heavy atom. The van der Waals surface area contributed by atoms with Crippen LogP contribution in [-0.2, 0) is 0 Å². The molecular weight excluding hydrogens is 315 g/mol. The van der Waals surface area contributed by atoms with Crippen molar-refractivity contribution in [1.29, 1.82) is 0 Å². The van der Waals surface area contributed by atoms with E-state index in [1.165, 1.54) is 3.57 Å². The minimum absolute atomic E-state index is 0.862. The van der Waals surface area contributed by atoms with E-state index >= 15 is 0 Å². The molecule has 0 amide bonds. The number of ether oxygens (including phenoxy) is 1. The van der Waals surface area contributed by atoms with Gasteiger partial charge in [0, 0.05) is 14.7 Å². The third-order valence-electron chi connectivity index (χ3n) is 2.50. The summed E-state index contributed by atoms with van der Waals surface area (Å²) in [5.74, 6) is 0.862. The minimum atomic E-state index is 0.862. The van der Waals surface area contributed by atoms with Crippen LogP contribution < -0.4 is 10.2 Å². The lowest BCUT2D eigenvalue weighted by Crippen LogP contribution is -1.99. The topological polar surface area (TPSA) is 35.7 Å². The Hall–Kier alpha value is -1.04. The van der Waals surface area contributed by atoms with Crippen LogP contribution in [0.2, 0.25) is 0 Å². The van der Waals surface area contributed by atoms with Crippen LogP contribution in [0.1, 0.15) is 19.4 Å². The number of allylic oxidation sites excluding steroid dienone is 2. The van der Waals surface area contributed by atoms with Gasteiger partial charge in [-0.2, -0.15) is 10.5 Å². The predicted molar refractivity (Wildman–Crippen MR) is 73.5 cm³/mol. The van der Waals surface area contributed by atoms with E-state index in [9.17, 15) is 0 Å². The summed E-state index contributed by atoms with van der Waals surface area (Å²) < 4.78 is 6.55. The maximum Gasteiger partial charge on any atom is 0.126 e. The smallest absolute Gasteiger partial charge is 0.126 e. The summed E-state index contributed by atoms with van der Waals surface area (Å²) in [7, 11) is 1.68. The third kappa shape index (κ3) is 1.93. The van der Waals surface area contributed by atoms with E-state index in [4.69, 9.17) is 4.74 Å². The summed E-state index contributed by atoms with van der Waals surface area (Å²) in [4.78, 5) is 0. The van der Waals surface area contributed by atoms with E-state index in [1.54, 1.807) is 7.11 Å². The molecule has 1 aliphatic heterocycles. The zero-order chi connectivity index (χ0) is 11.7. The van der Waals surface area contributed by atoms with Crippen molar-refractivity contribution in [2.45, 2.75) is 13.8 Å². The van der Waals surface area contributed by atoms with Crippen molar-refractivity contribution in [3.63, 3.8) is 0 Å². The predicted octanol–water partition coefficient (Wildman–Crippen LogP) is 3.02. The van der Waals surface area contributed by atoms with Crippen molar-refractivity contribution >= 4 is 33.9 Å². The van der Waals surface area contributed by atoms with E-state index < -0.39 is 0 Å². The molecule has 0 spiro atoms. The van der Waals surface area contributed by atoms with Gasteiger partial charge in [-0.3, -0.25) is 0 Å². The highest BCUT2D eigenvalue weighted by Gasteiger charge is 2.19. The Morgan fingerprint density at radius 2 is 2.00 bits per heavy atom. The standard InChI is InChI=1S/C12H12IN2O/c1-7-12(8(2)15-14-7)10-6-9(13)4-5-11(10)16-3/h4-6H,1-3H3. The maximum atomic E-state index is 5.38. The minimum Gasteiger partial charge on any atom is -0.496 e. The molecule has 0 aromatic heterocycles. The number of halogens is 1. The van der Waals surface area contributed by atoms with Crippen LogP contribution >= 0.6 is 22.6 Å². The number of hydrogen-bond acceptors (Lipinski definition) is 2. The van der Waals surface area contributed by atoms with Crippen LogP contribution in [0.5, 0.6) is 5.75 Å². The molecule has 0 saturated carbocycles. The summed E-state index contributed by atoms with van der Waals surface area (Å²) in [6.45, 7) is 3.93. The summed E-state index contributed by atoms with van der Waals surface area (Å²) in [6, 6.07) is 6.10. The zero-order valence-electron chi connectivity index (χ0n) is 9.41. The fourth-order valence-corrected chi connectivity index (χ4v) is 2.27. The molecule has 16 heavy (non-hydrogen) atoms. The molecule has 0 saturated heterocycles. The Bertz CT molecular complexity index is 492. The van der Waals surface area contributed by atoms with Crippen molar-refractivity contribution in [2.24, 2.45) is 5.10 Å². The molecule has 3 nitrogen and oxygen atoms in total. The number of methoxy groups -OCH3 is 1. The molecule has 0 N–H and O–H groups in total. The third-order valence-corrected chi connectivity index (χ3v) is 3.18.